The van der Waals surface area contributed by atoms with Gasteiger partial charge in [0, 0.05) is 37.7 Å². The number of aromatic nitrogens is 2. The van der Waals surface area contributed by atoms with Crippen LogP contribution in [0.2, 0.25) is 0 Å². The van der Waals surface area contributed by atoms with Crippen LogP contribution in [0.15, 0.2) is 22.7 Å². The van der Waals surface area contributed by atoms with Gasteiger partial charge >= 0.3 is 6.01 Å². The molecule has 0 amide bonds. The minimum atomic E-state index is -3.53. The van der Waals surface area contributed by atoms with E-state index in [0.717, 1.165) is 38.0 Å². The molecule has 11 heteroatoms. The second-order valence-corrected chi connectivity index (χ2v) is 9.90. The van der Waals surface area contributed by atoms with Crippen LogP contribution in [0, 0.1) is 5.82 Å². The molecule has 0 unspecified atom stereocenters. The SMILES string of the molecule is CC(C)c1noc(N2CCC(N(C)CCOc3ccc(NS(C)(=O)=O)c(F)c3)CC2)n1. The highest BCUT2D eigenvalue weighted by atomic mass is 32.2. The van der Waals surface area contributed by atoms with E-state index in [1.807, 2.05) is 20.9 Å². The normalized spacial score (nSPS) is 15.6. The lowest BCUT2D eigenvalue weighted by Gasteiger charge is -2.35. The molecule has 0 spiro atoms. The first-order valence-corrected chi connectivity index (χ1v) is 12.2. The van der Waals surface area contributed by atoms with Crippen LogP contribution in [0.1, 0.15) is 38.4 Å². The Bertz CT molecular complexity index is 974. The van der Waals surface area contributed by atoms with Crippen molar-refractivity contribution < 1.29 is 22.1 Å². The van der Waals surface area contributed by atoms with Gasteiger partial charge in [-0.1, -0.05) is 19.0 Å². The lowest BCUT2D eigenvalue weighted by Crippen LogP contribution is -2.44. The molecule has 1 aliphatic heterocycles. The van der Waals surface area contributed by atoms with E-state index in [0.29, 0.717) is 31.0 Å². The zero-order chi connectivity index (χ0) is 22.6. The largest absolute Gasteiger partial charge is 0.492 e. The van der Waals surface area contributed by atoms with Crippen LogP contribution in [0.25, 0.3) is 0 Å². The van der Waals surface area contributed by atoms with Crippen LogP contribution >= 0.6 is 0 Å². The average molecular weight is 456 g/mol. The molecule has 1 aliphatic rings. The summed E-state index contributed by atoms with van der Waals surface area (Å²) in [4.78, 5) is 8.82. The monoisotopic (exact) mass is 455 g/mol. The zero-order valence-electron chi connectivity index (χ0n) is 18.3. The molecular weight excluding hydrogens is 425 g/mol. The fraction of sp³-hybridized carbons (Fsp3) is 0.600. The van der Waals surface area contributed by atoms with Crippen molar-refractivity contribution >= 4 is 21.7 Å². The predicted molar refractivity (Wildman–Crippen MR) is 117 cm³/mol. The summed E-state index contributed by atoms with van der Waals surface area (Å²) in [6.45, 7) is 6.84. The first-order chi connectivity index (χ1) is 14.6. The summed E-state index contributed by atoms with van der Waals surface area (Å²) in [7, 11) is -1.48. The summed E-state index contributed by atoms with van der Waals surface area (Å²) in [6, 6.07) is 5.08. The fourth-order valence-electron chi connectivity index (χ4n) is 3.45. The van der Waals surface area contributed by atoms with Crippen molar-refractivity contribution in [3.05, 3.63) is 29.8 Å². The third-order valence-corrected chi connectivity index (χ3v) is 5.85. The summed E-state index contributed by atoms with van der Waals surface area (Å²) >= 11 is 0. The molecule has 0 bridgehead atoms. The van der Waals surface area contributed by atoms with E-state index < -0.39 is 15.8 Å². The number of hydrogen-bond acceptors (Lipinski definition) is 8. The highest BCUT2D eigenvalue weighted by molar-refractivity contribution is 7.92. The van der Waals surface area contributed by atoms with Crippen molar-refractivity contribution in [3.8, 4) is 5.75 Å². The number of hydrogen-bond donors (Lipinski definition) is 1. The average Bonchev–Trinajstić information content (AvgIpc) is 3.20. The molecule has 0 aliphatic carbocycles. The Morgan fingerprint density at radius 1 is 1.35 bits per heavy atom. The number of benzene rings is 1. The smallest absolute Gasteiger partial charge is 0.324 e. The van der Waals surface area contributed by atoms with E-state index in [4.69, 9.17) is 9.26 Å². The summed E-state index contributed by atoms with van der Waals surface area (Å²) in [5.41, 5.74) is -0.0968. The highest BCUT2D eigenvalue weighted by Gasteiger charge is 2.25. The van der Waals surface area contributed by atoms with Crippen LogP contribution in [0.5, 0.6) is 5.75 Å². The third-order valence-electron chi connectivity index (χ3n) is 5.25. The van der Waals surface area contributed by atoms with Crippen molar-refractivity contribution in [3.63, 3.8) is 0 Å². The van der Waals surface area contributed by atoms with Gasteiger partial charge < -0.3 is 14.2 Å². The predicted octanol–water partition coefficient (Wildman–Crippen LogP) is 2.68. The second kappa shape index (κ2) is 9.82. The van der Waals surface area contributed by atoms with Gasteiger partial charge in [0.05, 0.1) is 11.9 Å². The van der Waals surface area contributed by atoms with E-state index in [9.17, 15) is 12.8 Å². The molecule has 31 heavy (non-hydrogen) atoms. The van der Waals surface area contributed by atoms with Crippen molar-refractivity contribution in [2.45, 2.75) is 38.6 Å². The summed E-state index contributed by atoms with van der Waals surface area (Å²) < 4.78 is 49.7. The van der Waals surface area contributed by atoms with Crippen LogP contribution in [0.4, 0.5) is 16.1 Å². The molecule has 0 saturated carbocycles. The molecule has 1 aromatic heterocycles. The van der Waals surface area contributed by atoms with E-state index in [1.54, 1.807) is 6.07 Å². The fourth-order valence-corrected chi connectivity index (χ4v) is 4.01. The Hall–Kier alpha value is -2.40. The maximum absolute atomic E-state index is 14.0. The quantitative estimate of drug-likeness (QED) is 0.616. The topological polar surface area (TPSA) is 101 Å². The first kappa shape index (κ1) is 23.3. The van der Waals surface area contributed by atoms with Crippen LogP contribution < -0.4 is 14.4 Å². The number of sulfonamides is 1. The van der Waals surface area contributed by atoms with Crippen molar-refractivity contribution in [1.29, 1.82) is 0 Å². The number of ether oxygens (including phenoxy) is 1. The van der Waals surface area contributed by atoms with Gasteiger partial charge in [0.2, 0.25) is 10.0 Å². The Labute approximate surface area is 182 Å². The van der Waals surface area contributed by atoms with Crippen LogP contribution in [-0.2, 0) is 10.0 Å². The van der Waals surface area contributed by atoms with Gasteiger partial charge in [-0.05, 0) is 32.0 Å². The second-order valence-electron chi connectivity index (χ2n) is 8.15. The van der Waals surface area contributed by atoms with E-state index >= 15 is 0 Å². The number of nitrogens with one attached hydrogen (secondary N) is 1. The lowest BCUT2D eigenvalue weighted by molar-refractivity contribution is 0.169. The Balaban J connectivity index is 1.43. The van der Waals surface area contributed by atoms with Crippen LogP contribution in [0.3, 0.4) is 0 Å². The third kappa shape index (κ3) is 6.54. The summed E-state index contributed by atoms with van der Waals surface area (Å²) in [5.74, 6) is 0.646. The molecule has 0 atom stereocenters. The Kier molecular flexibility index (Phi) is 7.37. The van der Waals surface area contributed by atoms with Crippen molar-refractivity contribution in [1.82, 2.24) is 15.0 Å². The first-order valence-electron chi connectivity index (χ1n) is 10.3. The number of halogens is 1. The molecule has 2 heterocycles. The van der Waals surface area contributed by atoms with Gasteiger partial charge in [0.15, 0.2) is 11.6 Å². The maximum atomic E-state index is 14.0. The number of rotatable bonds is 9. The minimum Gasteiger partial charge on any atom is -0.492 e. The molecule has 9 nitrogen and oxygen atoms in total. The number of piperidine rings is 1. The molecule has 0 radical (unpaired) electrons. The molecule has 2 aromatic rings. The van der Waals surface area contributed by atoms with Gasteiger partial charge in [-0.15, -0.1) is 0 Å². The molecule has 1 fully saturated rings. The Morgan fingerprint density at radius 2 is 2.06 bits per heavy atom. The molecular formula is C20H30FN5O4S. The van der Waals surface area contributed by atoms with E-state index in [1.165, 1.54) is 12.1 Å². The Morgan fingerprint density at radius 3 is 2.65 bits per heavy atom. The lowest BCUT2D eigenvalue weighted by atomic mass is 10.0. The van der Waals surface area contributed by atoms with E-state index in [-0.39, 0.29) is 11.6 Å². The number of anilines is 2. The van der Waals surface area contributed by atoms with E-state index in [2.05, 4.69) is 24.7 Å². The molecule has 172 valence electrons. The number of likely N-dealkylation sites (N-methyl/N-ethyl adjacent to an activating group) is 1. The van der Waals surface area contributed by atoms with Gasteiger partial charge in [0.1, 0.15) is 12.4 Å². The molecule has 1 aromatic carbocycles. The van der Waals surface area contributed by atoms with Crippen LogP contribution in [-0.4, -0.2) is 69.0 Å². The standard InChI is InChI=1S/C20H30FN5O4S/c1-14(2)19-22-20(30-23-19)26-9-7-15(8-10-26)25(3)11-12-29-16-5-6-18(17(21)13-16)24-31(4,27)28/h5-6,13-15,24H,7-12H2,1-4H3. The number of nitrogens with zero attached hydrogens (tertiary/aromatic N) is 4. The van der Waals surface area contributed by atoms with Gasteiger partial charge in [-0.3, -0.25) is 9.62 Å². The summed E-state index contributed by atoms with van der Waals surface area (Å²) in [6.07, 6.45) is 2.91. The van der Waals surface area contributed by atoms with Gasteiger partial charge in [-0.25, -0.2) is 12.8 Å². The minimum absolute atomic E-state index is 0.0968. The maximum Gasteiger partial charge on any atom is 0.324 e. The van der Waals surface area contributed by atoms with Crippen molar-refractivity contribution in [2.24, 2.45) is 0 Å². The molecule has 1 N–H and O–H groups in total. The van der Waals surface area contributed by atoms with Gasteiger partial charge in [0.25, 0.3) is 0 Å². The molecule has 3 rings (SSSR count). The van der Waals surface area contributed by atoms with Gasteiger partial charge in [-0.2, -0.15) is 4.98 Å². The highest BCUT2D eigenvalue weighted by Crippen LogP contribution is 2.23. The molecule has 1 saturated heterocycles. The summed E-state index contributed by atoms with van der Waals surface area (Å²) in [5, 5.41) is 4.03. The van der Waals surface area contributed by atoms with Crippen molar-refractivity contribution in [2.75, 3.05) is 49.2 Å². The zero-order valence-corrected chi connectivity index (χ0v) is 19.2.